The number of piperidine rings is 1. The van der Waals surface area contributed by atoms with E-state index < -0.39 is 10.5 Å². The summed E-state index contributed by atoms with van der Waals surface area (Å²) in [6.45, 7) is 8.09. The fraction of sp³-hybridized carbons (Fsp3) is 0.500. The van der Waals surface area contributed by atoms with Crippen molar-refractivity contribution in [1.82, 2.24) is 15.2 Å². The molecule has 0 atom stereocenters. The van der Waals surface area contributed by atoms with Crippen LogP contribution in [0.5, 0.6) is 0 Å². The second-order valence-electron chi connectivity index (χ2n) is 8.13. The fourth-order valence-corrected chi connectivity index (χ4v) is 4.02. The lowest BCUT2D eigenvalue weighted by atomic mass is 10.1. The number of carbonyl (C=O) groups is 1. The number of benzene rings is 1. The number of hydrogen-bond donors (Lipinski definition) is 1. The fourth-order valence-electron chi connectivity index (χ4n) is 3.17. The number of rotatable bonds is 5. The van der Waals surface area contributed by atoms with Crippen molar-refractivity contribution >= 4 is 23.1 Å². The second kappa shape index (κ2) is 8.87. The molecule has 1 aliphatic rings. The van der Waals surface area contributed by atoms with E-state index in [1.165, 1.54) is 12.1 Å². The van der Waals surface area contributed by atoms with Gasteiger partial charge >= 0.3 is 6.09 Å². The van der Waals surface area contributed by atoms with Gasteiger partial charge in [0.05, 0.1) is 17.2 Å². The third-order valence-electron chi connectivity index (χ3n) is 4.59. The van der Waals surface area contributed by atoms with E-state index in [4.69, 9.17) is 4.74 Å². The summed E-state index contributed by atoms with van der Waals surface area (Å²) in [7, 11) is 0. The Morgan fingerprint density at radius 1 is 1.31 bits per heavy atom. The number of thiazole rings is 1. The summed E-state index contributed by atoms with van der Waals surface area (Å²) in [6, 6.07) is 6.58. The summed E-state index contributed by atoms with van der Waals surface area (Å²) in [4.78, 5) is 29.3. The number of alkyl carbamates (subject to hydrolysis) is 1. The van der Waals surface area contributed by atoms with Crippen molar-refractivity contribution in [2.24, 2.45) is 0 Å². The zero-order valence-corrected chi connectivity index (χ0v) is 17.7. The Morgan fingerprint density at radius 2 is 1.97 bits per heavy atom. The molecule has 1 aliphatic heterocycles. The van der Waals surface area contributed by atoms with Gasteiger partial charge in [0.25, 0.3) is 5.69 Å². The third kappa shape index (κ3) is 6.23. The Hall–Kier alpha value is -2.52. The Balaban J connectivity index is 1.49. The number of non-ortho nitro benzene ring substituents is 1. The van der Waals surface area contributed by atoms with Crippen LogP contribution in [-0.4, -0.2) is 45.6 Å². The first kappa shape index (κ1) is 21.2. The highest BCUT2D eigenvalue weighted by molar-refractivity contribution is 7.09. The Bertz CT molecular complexity index is 852. The smallest absolute Gasteiger partial charge is 0.407 e. The monoisotopic (exact) mass is 418 g/mol. The van der Waals surface area contributed by atoms with Crippen LogP contribution in [0.2, 0.25) is 0 Å². The normalized spacial score (nSPS) is 15.8. The molecule has 0 spiro atoms. The molecule has 0 saturated carbocycles. The molecule has 156 valence electrons. The zero-order valence-electron chi connectivity index (χ0n) is 16.9. The minimum atomic E-state index is -0.489. The molecule has 1 N–H and O–H groups in total. The van der Waals surface area contributed by atoms with Crippen molar-refractivity contribution in [3.8, 4) is 11.3 Å². The van der Waals surface area contributed by atoms with Crippen molar-refractivity contribution in [3.63, 3.8) is 0 Å². The number of amides is 1. The topological polar surface area (TPSA) is 97.6 Å². The molecular formula is C20H26N4O4S. The molecule has 0 bridgehead atoms. The SMILES string of the molecule is CC(C)(C)OC(=O)NC1CCN(Cc2nc(-c3ccc([N+](=O)[O-])cc3)cs2)CC1. The molecule has 3 rings (SSSR count). The van der Waals surface area contributed by atoms with Gasteiger partial charge in [-0.25, -0.2) is 9.78 Å². The van der Waals surface area contributed by atoms with Gasteiger partial charge in [-0.15, -0.1) is 11.3 Å². The van der Waals surface area contributed by atoms with Crippen LogP contribution in [0.4, 0.5) is 10.5 Å². The maximum absolute atomic E-state index is 11.9. The van der Waals surface area contributed by atoms with E-state index in [0.29, 0.717) is 0 Å². The highest BCUT2D eigenvalue weighted by atomic mass is 32.1. The van der Waals surface area contributed by atoms with Gasteiger partial charge in [-0.3, -0.25) is 15.0 Å². The maximum atomic E-state index is 11.9. The molecule has 9 heteroatoms. The molecule has 1 aromatic heterocycles. The Labute approximate surface area is 174 Å². The minimum Gasteiger partial charge on any atom is -0.444 e. The quantitative estimate of drug-likeness (QED) is 0.577. The summed E-state index contributed by atoms with van der Waals surface area (Å²) >= 11 is 1.59. The maximum Gasteiger partial charge on any atom is 0.407 e. The van der Waals surface area contributed by atoms with Gasteiger partial charge < -0.3 is 10.1 Å². The molecule has 29 heavy (non-hydrogen) atoms. The number of hydrogen-bond acceptors (Lipinski definition) is 7. The Morgan fingerprint density at radius 3 is 2.55 bits per heavy atom. The van der Waals surface area contributed by atoms with Crippen molar-refractivity contribution in [2.75, 3.05) is 13.1 Å². The molecular weight excluding hydrogens is 392 g/mol. The zero-order chi connectivity index (χ0) is 21.0. The van der Waals surface area contributed by atoms with Crippen LogP contribution in [0.25, 0.3) is 11.3 Å². The number of nitro benzene ring substituents is 1. The third-order valence-corrected chi connectivity index (χ3v) is 5.43. The van der Waals surface area contributed by atoms with Gasteiger partial charge in [0.2, 0.25) is 0 Å². The lowest BCUT2D eigenvalue weighted by molar-refractivity contribution is -0.384. The molecule has 0 unspecified atom stereocenters. The van der Waals surface area contributed by atoms with Gasteiger partial charge in [0, 0.05) is 42.2 Å². The molecule has 2 aromatic rings. The number of likely N-dealkylation sites (tertiary alicyclic amines) is 1. The largest absolute Gasteiger partial charge is 0.444 e. The van der Waals surface area contributed by atoms with Crippen LogP contribution in [0.3, 0.4) is 0 Å². The lowest BCUT2D eigenvalue weighted by Crippen LogP contribution is -2.45. The van der Waals surface area contributed by atoms with Gasteiger partial charge in [0.15, 0.2) is 0 Å². The van der Waals surface area contributed by atoms with E-state index in [0.717, 1.165) is 48.7 Å². The number of nitro groups is 1. The number of carbonyl (C=O) groups excluding carboxylic acids is 1. The molecule has 0 aliphatic carbocycles. The van der Waals surface area contributed by atoms with E-state index >= 15 is 0 Å². The first-order valence-electron chi connectivity index (χ1n) is 9.61. The van der Waals surface area contributed by atoms with Gasteiger partial charge in [-0.2, -0.15) is 0 Å². The molecule has 2 heterocycles. The van der Waals surface area contributed by atoms with Crippen molar-refractivity contribution in [1.29, 1.82) is 0 Å². The van der Waals surface area contributed by atoms with Gasteiger partial charge in [0.1, 0.15) is 10.6 Å². The van der Waals surface area contributed by atoms with E-state index in [2.05, 4.69) is 15.2 Å². The minimum absolute atomic E-state index is 0.0760. The predicted octanol–water partition coefficient (Wildman–Crippen LogP) is 4.21. The van der Waals surface area contributed by atoms with Crippen molar-refractivity contribution in [2.45, 2.75) is 51.8 Å². The standard InChI is InChI=1S/C20H26N4O4S/c1-20(2,3)28-19(25)21-15-8-10-23(11-9-15)12-18-22-17(13-29-18)14-4-6-16(7-5-14)24(26)27/h4-7,13,15H,8-12H2,1-3H3,(H,21,25). The van der Waals surface area contributed by atoms with Crippen LogP contribution in [0, 0.1) is 10.1 Å². The molecule has 1 saturated heterocycles. The summed E-state index contributed by atoms with van der Waals surface area (Å²) in [5.41, 5.74) is 1.30. The van der Waals surface area contributed by atoms with Crippen LogP contribution in [0.1, 0.15) is 38.6 Å². The highest BCUT2D eigenvalue weighted by Crippen LogP contribution is 2.25. The first-order valence-corrected chi connectivity index (χ1v) is 10.5. The molecule has 1 fully saturated rings. The second-order valence-corrected chi connectivity index (χ2v) is 9.07. The first-order chi connectivity index (χ1) is 13.7. The summed E-state index contributed by atoms with van der Waals surface area (Å²) in [5, 5.41) is 16.7. The average Bonchev–Trinajstić information content (AvgIpc) is 3.10. The summed E-state index contributed by atoms with van der Waals surface area (Å²) < 4.78 is 5.32. The van der Waals surface area contributed by atoms with Crippen LogP contribution >= 0.6 is 11.3 Å². The van der Waals surface area contributed by atoms with Crippen molar-refractivity contribution < 1.29 is 14.5 Å². The van der Waals surface area contributed by atoms with E-state index in [1.54, 1.807) is 23.5 Å². The summed E-state index contributed by atoms with van der Waals surface area (Å²) in [6.07, 6.45) is 1.39. The Kier molecular flexibility index (Phi) is 6.49. The summed E-state index contributed by atoms with van der Waals surface area (Å²) in [5.74, 6) is 0. The average molecular weight is 419 g/mol. The predicted molar refractivity (Wildman–Crippen MR) is 112 cm³/mol. The highest BCUT2D eigenvalue weighted by Gasteiger charge is 2.24. The number of nitrogens with one attached hydrogen (secondary N) is 1. The molecule has 1 aromatic carbocycles. The van der Waals surface area contributed by atoms with Crippen molar-refractivity contribution in [3.05, 3.63) is 44.8 Å². The van der Waals surface area contributed by atoms with Gasteiger partial charge in [-0.05, 0) is 45.7 Å². The lowest BCUT2D eigenvalue weighted by Gasteiger charge is -2.32. The van der Waals surface area contributed by atoms with E-state index in [-0.39, 0.29) is 17.8 Å². The van der Waals surface area contributed by atoms with Crippen LogP contribution < -0.4 is 5.32 Å². The number of nitrogens with zero attached hydrogens (tertiary/aromatic N) is 3. The van der Waals surface area contributed by atoms with E-state index in [1.807, 2.05) is 26.2 Å². The van der Waals surface area contributed by atoms with Crippen LogP contribution in [-0.2, 0) is 11.3 Å². The molecule has 0 radical (unpaired) electrons. The van der Waals surface area contributed by atoms with Gasteiger partial charge in [-0.1, -0.05) is 0 Å². The number of aromatic nitrogens is 1. The van der Waals surface area contributed by atoms with Crippen LogP contribution in [0.15, 0.2) is 29.6 Å². The molecule has 1 amide bonds. The number of ether oxygens (including phenoxy) is 1. The van der Waals surface area contributed by atoms with E-state index in [9.17, 15) is 14.9 Å². The molecule has 8 nitrogen and oxygen atoms in total.